The van der Waals surface area contributed by atoms with Gasteiger partial charge in [0.05, 0.1) is 23.8 Å². The second-order valence-electron chi connectivity index (χ2n) is 9.81. The van der Waals surface area contributed by atoms with Gasteiger partial charge in [-0.1, -0.05) is 43.3 Å². The normalized spacial score (nSPS) is 13.4. The number of benzene rings is 2. The molecule has 1 N–H and O–H groups in total. The minimum atomic E-state index is 0.236. The van der Waals surface area contributed by atoms with Crippen LogP contribution in [0.5, 0.6) is 5.75 Å². The quantitative estimate of drug-likeness (QED) is 0.217. The second-order valence-corrected chi connectivity index (χ2v) is 11.0. The molecule has 4 nitrogen and oxygen atoms in total. The van der Waals surface area contributed by atoms with Gasteiger partial charge in [-0.05, 0) is 80.5 Å². The molecule has 5 rings (SSSR count). The van der Waals surface area contributed by atoms with E-state index in [1.54, 1.807) is 11.3 Å². The SMILES string of the molecule is CCC(COc1ccc(CCC(O)=C2CC2)c(C)c1)c1nc(-c2ccc(-c3ccccn3)cc2)sc1C. The van der Waals surface area contributed by atoms with Gasteiger partial charge in [-0.15, -0.1) is 11.3 Å². The van der Waals surface area contributed by atoms with E-state index in [4.69, 9.17) is 9.72 Å². The number of thiazole rings is 1. The average molecular weight is 511 g/mol. The number of hydrogen-bond acceptors (Lipinski definition) is 5. The number of ether oxygens (including phenoxy) is 1. The molecule has 1 atom stereocenters. The predicted molar refractivity (Wildman–Crippen MR) is 152 cm³/mol. The first-order valence-corrected chi connectivity index (χ1v) is 13.9. The number of allylic oxidation sites excluding steroid dienone is 2. The van der Waals surface area contributed by atoms with E-state index in [0.29, 0.717) is 12.4 Å². The van der Waals surface area contributed by atoms with Crippen LogP contribution in [0.4, 0.5) is 0 Å². The van der Waals surface area contributed by atoms with Crippen LogP contribution >= 0.6 is 11.3 Å². The molecular formula is C32H34N2O2S. The number of aryl methyl sites for hydroxylation is 3. The lowest BCUT2D eigenvalue weighted by molar-refractivity contribution is 0.282. The van der Waals surface area contributed by atoms with Crippen LogP contribution in [0.3, 0.4) is 0 Å². The third-order valence-electron chi connectivity index (χ3n) is 7.11. The lowest BCUT2D eigenvalue weighted by Gasteiger charge is -2.16. The van der Waals surface area contributed by atoms with Crippen molar-refractivity contribution in [2.75, 3.05) is 6.61 Å². The Labute approximate surface area is 223 Å². The summed E-state index contributed by atoms with van der Waals surface area (Å²) in [5.41, 5.74) is 8.05. The number of aromatic nitrogens is 2. The van der Waals surface area contributed by atoms with Crippen molar-refractivity contribution >= 4 is 11.3 Å². The first-order valence-electron chi connectivity index (χ1n) is 13.1. The smallest absolute Gasteiger partial charge is 0.123 e. The van der Waals surface area contributed by atoms with E-state index in [2.05, 4.69) is 68.2 Å². The predicted octanol–water partition coefficient (Wildman–Crippen LogP) is 8.60. The van der Waals surface area contributed by atoms with Gasteiger partial charge >= 0.3 is 0 Å². The molecule has 5 heteroatoms. The highest BCUT2D eigenvalue weighted by molar-refractivity contribution is 7.15. The van der Waals surface area contributed by atoms with Crippen molar-refractivity contribution in [2.24, 2.45) is 0 Å². The summed E-state index contributed by atoms with van der Waals surface area (Å²) < 4.78 is 6.26. The van der Waals surface area contributed by atoms with Crippen LogP contribution in [-0.2, 0) is 6.42 Å². The van der Waals surface area contributed by atoms with Gasteiger partial charge in [0, 0.05) is 34.5 Å². The van der Waals surface area contributed by atoms with E-state index in [1.807, 2.05) is 24.4 Å². The van der Waals surface area contributed by atoms with E-state index in [0.717, 1.165) is 65.4 Å². The first kappa shape index (κ1) is 25.2. The van der Waals surface area contributed by atoms with Crippen molar-refractivity contribution in [3.63, 3.8) is 0 Å². The Morgan fingerprint density at radius 3 is 2.49 bits per heavy atom. The Bertz CT molecular complexity index is 1380. The summed E-state index contributed by atoms with van der Waals surface area (Å²) >= 11 is 1.75. The van der Waals surface area contributed by atoms with Crippen LogP contribution in [0.25, 0.3) is 21.8 Å². The maximum absolute atomic E-state index is 10.1. The first-order chi connectivity index (χ1) is 18.0. The van der Waals surface area contributed by atoms with Gasteiger partial charge in [-0.2, -0.15) is 0 Å². The molecule has 0 spiro atoms. The molecule has 1 aliphatic rings. The minimum absolute atomic E-state index is 0.236. The molecule has 4 aromatic rings. The molecular weight excluding hydrogens is 476 g/mol. The zero-order valence-corrected chi connectivity index (χ0v) is 22.6. The van der Waals surface area contributed by atoms with Crippen molar-refractivity contribution in [2.45, 2.75) is 58.8 Å². The monoisotopic (exact) mass is 510 g/mol. The highest BCUT2D eigenvalue weighted by atomic mass is 32.1. The van der Waals surface area contributed by atoms with Crippen LogP contribution in [0.15, 0.2) is 78.2 Å². The summed E-state index contributed by atoms with van der Waals surface area (Å²) in [5, 5.41) is 11.1. The molecule has 190 valence electrons. The van der Waals surface area contributed by atoms with Gasteiger partial charge in [-0.25, -0.2) is 4.98 Å². The average Bonchev–Trinajstić information content (AvgIpc) is 3.71. The van der Waals surface area contributed by atoms with Gasteiger partial charge in [0.15, 0.2) is 0 Å². The van der Waals surface area contributed by atoms with Crippen LogP contribution in [-0.4, -0.2) is 21.7 Å². The molecule has 1 saturated carbocycles. The standard InChI is InChI=1S/C32H34N2O2S/c1-4-23(20-36-28-16-14-24(21(2)19-28)15-17-30(35)26-10-11-26)31-22(3)37-32(34-31)27-12-8-25(9-13-27)29-7-5-6-18-33-29/h5-9,12-14,16,18-19,23,35H,4,10-11,15,17,20H2,1-3H3. The summed E-state index contributed by atoms with van der Waals surface area (Å²) in [6, 6.07) is 20.8. The summed E-state index contributed by atoms with van der Waals surface area (Å²) in [4.78, 5) is 10.7. The molecule has 2 aromatic heterocycles. The minimum Gasteiger partial charge on any atom is -0.512 e. The maximum atomic E-state index is 10.1. The second kappa shape index (κ2) is 11.3. The molecule has 1 aliphatic carbocycles. The van der Waals surface area contributed by atoms with Gasteiger partial charge in [0.1, 0.15) is 10.8 Å². The number of rotatable bonds is 10. The highest BCUT2D eigenvalue weighted by Gasteiger charge is 2.20. The zero-order chi connectivity index (χ0) is 25.8. The molecule has 1 fully saturated rings. The summed E-state index contributed by atoms with van der Waals surface area (Å²) in [5.74, 6) is 1.72. The lowest BCUT2D eigenvalue weighted by atomic mass is 10.0. The molecule has 37 heavy (non-hydrogen) atoms. The van der Waals surface area contributed by atoms with Gasteiger partial charge in [-0.3, -0.25) is 4.98 Å². The van der Waals surface area contributed by atoms with Crippen LogP contribution in [0.1, 0.15) is 60.2 Å². The van der Waals surface area contributed by atoms with Crippen molar-refractivity contribution in [3.05, 3.63) is 99.9 Å². The summed E-state index contributed by atoms with van der Waals surface area (Å²) in [6.07, 6.45) is 6.51. The molecule has 2 heterocycles. The third-order valence-corrected chi connectivity index (χ3v) is 8.14. The van der Waals surface area contributed by atoms with Crippen molar-refractivity contribution in [1.82, 2.24) is 9.97 Å². The molecule has 0 bridgehead atoms. The molecule has 0 aliphatic heterocycles. The molecule has 0 amide bonds. The maximum Gasteiger partial charge on any atom is 0.123 e. The van der Waals surface area contributed by atoms with E-state index >= 15 is 0 Å². The Balaban J connectivity index is 1.24. The van der Waals surface area contributed by atoms with Gasteiger partial charge < -0.3 is 9.84 Å². The number of hydrogen-bond donors (Lipinski definition) is 1. The van der Waals surface area contributed by atoms with Crippen molar-refractivity contribution in [1.29, 1.82) is 0 Å². The van der Waals surface area contributed by atoms with Crippen LogP contribution < -0.4 is 4.74 Å². The fourth-order valence-corrected chi connectivity index (χ4v) is 5.64. The van der Waals surface area contributed by atoms with E-state index < -0.39 is 0 Å². The topological polar surface area (TPSA) is 55.2 Å². The van der Waals surface area contributed by atoms with Crippen molar-refractivity contribution in [3.8, 4) is 27.6 Å². The van der Waals surface area contributed by atoms with Crippen LogP contribution in [0, 0.1) is 13.8 Å². The zero-order valence-electron chi connectivity index (χ0n) is 21.8. The fraction of sp³-hybridized carbons (Fsp3) is 0.312. The Kier molecular flexibility index (Phi) is 7.71. The highest BCUT2D eigenvalue weighted by Crippen LogP contribution is 2.35. The lowest BCUT2D eigenvalue weighted by Crippen LogP contribution is -2.11. The number of aliphatic hydroxyl groups is 1. The molecule has 0 radical (unpaired) electrons. The van der Waals surface area contributed by atoms with E-state index in [9.17, 15) is 5.11 Å². The summed E-state index contributed by atoms with van der Waals surface area (Å²) in [6.45, 7) is 7.08. The fourth-order valence-electron chi connectivity index (χ4n) is 4.63. The summed E-state index contributed by atoms with van der Waals surface area (Å²) in [7, 11) is 0. The van der Waals surface area contributed by atoms with E-state index in [-0.39, 0.29) is 5.92 Å². The third kappa shape index (κ3) is 6.11. The molecule has 0 saturated heterocycles. The van der Waals surface area contributed by atoms with Gasteiger partial charge in [0.2, 0.25) is 0 Å². The van der Waals surface area contributed by atoms with Crippen molar-refractivity contribution < 1.29 is 9.84 Å². The Hall–Kier alpha value is -3.44. The van der Waals surface area contributed by atoms with Gasteiger partial charge in [0.25, 0.3) is 0 Å². The Morgan fingerprint density at radius 1 is 1.03 bits per heavy atom. The molecule has 2 aromatic carbocycles. The molecule has 1 unspecified atom stereocenters. The Morgan fingerprint density at radius 2 is 1.81 bits per heavy atom. The number of pyridine rings is 1. The number of nitrogens with zero attached hydrogens (tertiary/aromatic N) is 2. The number of aliphatic hydroxyl groups excluding tert-OH is 1. The van der Waals surface area contributed by atoms with Crippen LogP contribution in [0.2, 0.25) is 0 Å². The van der Waals surface area contributed by atoms with E-state index in [1.165, 1.54) is 21.6 Å². The largest absolute Gasteiger partial charge is 0.512 e.